The number of halogens is 1. The second-order valence-corrected chi connectivity index (χ2v) is 6.10. The molecule has 1 amide bonds. The van der Waals surface area contributed by atoms with Gasteiger partial charge in [0.1, 0.15) is 17.2 Å². The second-order valence-electron chi connectivity index (χ2n) is 6.10. The Kier molecular flexibility index (Phi) is 6.11. The maximum atomic E-state index is 14.2. The molecule has 130 valence electrons. The molecule has 6 nitrogen and oxygen atoms in total. The topological polar surface area (TPSA) is 103 Å². The number of carbonyl (C=O) groups excluding carboxylic acids is 1. The van der Waals surface area contributed by atoms with Gasteiger partial charge in [-0.3, -0.25) is 0 Å². The highest BCUT2D eigenvalue weighted by atomic mass is 19.1. The number of rotatable bonds is 5. The van der Waals surface area contributed by atoms with Gasteiger partial charge in [-0.1, -0.05) is 18.7 Å². The van der Waals surface area contributed by atoms with Crippen molar-refractivity contribution in [2.45, 2.75) is 32.9 Å². The molecule has 0 aromatic heterocycles. The van der Waals surface area contributed by atoms with Gasteiger partial charge in [0.25, 0.3) is 0 Å². The molecule has 0 saturated carbocycles. The van der Waals surface area contributed by atoms with Crippen LogP contribution in [-0.4, -0.2) is 18.4 Å². The molecule has 0 fully saturated rings. The summed E-state index contributed by atoms with van der Waals surface area (Å²) < 4.78 is 19.3. The Morgan fingerprint density at radius 3 is 2.50 bits per heavy atom. The second kappa shape index (κ2) is 7.63. The molecule has 0 saturated heterocycles. The van der Waals surface area contributed by atoms with E-state index < -0.39 is 17.5 Å². The van der Waals surface area contributed by atoms with Gasteiger partial charge >= 0.3 is 6.09 Å². The van der Waals surface area contributed by atoms with Crippen LogP contribution in [-0.2, 0) is 11.3 Å². The number of benzene rings is 1. The zero-order chi connectivity index (χ0) is 18.5. The molecule has 0 aliphatic rings. The van der Waals surface area contributed by atoms with Crippen LogP contribution in [0.3, 0.4) is 0 Å². The quantitative estimate of drug-likeness (QED) is 0.569. The molecule has 0 unspecified atom stereocenters. The number of nitrogens with one attached hydrogen (secondary N) is 1. The number of alkyl carbamates (subject to hydrolysis) is 1. The average Bonchev–Trinajstić information content (AvgIpc) is 2.49. The van der Waals surface area contributed by atoms with Crippen molar-refractivity contribution in [2.24, 2.45) is 16.5 Å². The number of hydrogen-bond acceptors (Lipinski definition) is 5. The van der Waals surface area contributed by atoms with E-state index >= 15 is 0 Å². The van der Waals surface area contributed by atoms with Crippen LogP contribution in [0.4, 0.5) is 9.18 Å². The summed E-state index contributed by atoms with van der Waals surface area (Å²) in [7, 11) is 0. The Bertz CT molecular complexity index is 690. The van der Waals surface area contributed by atoms with E-state index in [0.717, 1.165) is 0 Å². The van der Waals surface area contributed by atoms with Gasteiger partial charge in [-0.25, -0.2) is 14.2 Å². The third-order valence-electron chi connectivity index (χ3n) is 3.00. The Balaban J connectivity index is 2.84. The van der Waals surface area contributed by atoms with Gasteiger partial charge in [-0.2, -0.15) is 0 Å². The first-order valence-corrected chi connectivity index (χ1v) is 7.22. The van der Waals surface area contributed by atoms with Crippen LogP contribution < -0.4 is 16.8 Å². The smallest absolute Gasteiger partial charge is 0.407 e. The first-order chi connectivity index (χ1) is 11.0. The Labute approximate surface area is 141 Å². The van der Waals surface area contributed by atoms with Crippen molar-refractivity contribution in [1.82, 2.24) is 5.32 Å². The first-order valence-electron chi connectivity index (χ1n) is 7.22. The predicted molar refractivity (Wildman–Crippen MR) is 93.5 cm³/mol. The van der Waals surface area contributed by atoms with Gasteiger partial charge in [-0.05, 0) is 39.1 Å². The molecule has 1 aromatic rings. The lowest BCUT2D eigenvalue weighted by molar-refractivity contribution is 0.0523. The number of amides is 1. The normalized spacial score (nSPS) is 12.2. The monoisotopic (exact) mass is 334 g/mol. The highest BCUT2D eigenvalue weighted by Crippen LogP contribution is 2.22. The van der Waals surface area contributed by atoms with Gasteiger partial charge in [0, 0.05) is 17.7 Å². The van der Waals surface area contributed by atoms with Crippen molar-refractivity contribution in [1.29, 1.82) is 0 Å². The zero-order valence-corrected chi connectivity index (χ0v) is 14.1. The van der Waals surface area contributed by atoms with E-state index in [0.29, 0.717) is 16.7 Å². The van der Waals surface area contributed by atoms with E-state index in [2.05, 4.69) is 23.6 Å². The molecule has 0 radical (unpaired) electrons. The molecule has 1 rings (SSSR count). The fourth-order valence-corrected chi connectivity index (χ4v) is 1.76. The third kappa shape index (κ3) is 5.42. The fraction of sp³-hybridized carbons (Fsp3) is 0.294. The van der Waals surface area contributed by atoms with E-state index in [4.69, 9.17) is 16.2 Å². The molecule has 0 bridgehead atoms. The molecular weight excluding hydrogens is 311 g/mol. The number of nitrogens with two attached hydrogens (primary N) is 2. The average molecular weight is 334 g/mol. The summed E-state index contributed by atoms with van der Waals surface area (Å²) in [4.78, 5) is 15.1. The van der Waals surface area contributed by atoms with Crippen LogP contribution in [0.1, 0.15) is 31.9 Å². The van der Waals surface area contributed by atoms with Crippen molar-refractivity contribution in [3.8, 4) is 0 Å². The third-order valence-corrected chi connectivity index (χ3v) is 3.00. The van der Waals surface area contributed by atoms with E-state index in [9.17, 15) is 9.18 Å². The van der Waals surface area contributed by atoms with E-state index in [1.807, 2.05) is 0 Å². The summed E-state index contributed by atoms with van der Waals surface area (Å²) >= 11 is 0. The van der Waals surface area contributed by atoms with Gasteiger partial charge in [0.15, 0.2) is 0 Å². The summed E-state index contributed by atoms with van der Waals surface area (Å²) in [5.41, 5.74) is 11.9. The number of aliphatic imine (C=N–C) groups is 1. The molecule has 1 aromatic carbocycles. The van der Waals surface area contributed by atoms with Gasteiger partial charge < -0.3 is 21.5 Å². The first kappa shape index (κ1) is 19.2. The largest absolute Gasteiger partial charge is 0.444 e. The molecule has 5 N–H and O–H groups in total. The standard InChI is InChI=1S/C17H23FN4O2/c1-10(14(19)15(20)21-5)11-6-7-12(13(18)8-11)9-22-16(23)24-17(2,3)4/h6-8H,1,5,9,19-20H2,2-4H3,(H,22,23)/b15-14+. The number of nitrogens with zero attached hydrogens (tertiary/aromatic N) is 1. The van der Waals surface area contributed by atoms with Gasteiger partial charge in [-0.15, -0.1) is 0 Å². The summed E-state index contributed by atoms with van der Waals surface area (Å²) in [5, 5.41) is 2.49. The highest BCUT2D eigenvalue weighted by Gasteiger charge is 2.16. The lowest BCUT2D eigenvalue weighted by Crippen LogP contribution is -2.32. The maximum absolute atomic E-state index is 14.2. The van der Waals surface area contributed by atoms with Crippen molar-refractivity contribution in [3.63, 3.8) is 0 Å². The minimum absolute atomic E-state index is 0.00479. The Hall–Kier alpha value is -2.83. The van der Waals surface area contributed by atoms with Crippen LogP contribution >= 0.6 is 0 Å². The summed E-state index contributed by atoms with van der Waals surface area (Å²) in [6, 6.07) is 4.41. The van der Waals surface area contributed by atoms with Crippen molar-refractivity contribution >= 4 is 18.4 Å². The summed E-state index contributed by atoms with van der Waals surface area (Å²) in [5.74, 6) is -0.487. The molecule has 0 aliphatic carbocycles. The van der Waals surface area contributed by atoms with E-state index in [1.54, 1.807) is 26.8 Å². The lowest BCUT2D eigenvalue weighted by Gasteiger charge is -2.19. The van der Waals surface area contributed by atoms with Gasteiger partial charge in [0.05, 0.1) is 5.70 Å². The molecule has 7 heteroatoms. The lowest BCUT2D eigenvalue weighted by atomic mass is 10.0. The van der Waals surface area contributed by atoms with Crippen LogP contribution in [0.15, 0.2) is 41.3 Å². The number of ether oxygens (including phenoxy) is 1. The number of allylic oxidation sites excluding steroid dienone is 1. The van der Waals surface area contributed by atoms with Crippen molar-refractivity contribution < 1.29 is 13.9 Å². The predicted octanol–water partition coefficient (Wildman–Crippen LogP) is 2.65. The SMILES string of the molecule is C=N/C(N)=C(/N)C(=C)c1ccc(CNC(=O)OC(C)(C)C)c(F)c1. The molecular formula is C17H23FN4O2. The minimum atomic E-state index is -0.618. The van der Waals surface area contributed by atoms with Crippen molar-refractivity contribution in [2.75, 3.05) is 0 Å². The van der Waals surface area contributed by atoms with Crippen LogP contribution in [0.25, 0.3) is 5.57 Å². The molecule has 0 atom stereocenters. The number of carbonyl (C=O) groups is 1. The minimum Gasteiger partial charge on any atom is -0.444 e. The van der Waals surface area contributed by atoms with Crippen LogP contribution in [0, 0.1) is 5.82 Å². The Morgan fingerprint density at radius 1 is 1.38 bits per heavy atom. The number of hydrogen-bond donors (Lipinski definition) is 3. The fourth-order valence-electron chi connectivity index (χ4n) is 1.76. The molecule has 0 aliphatic heterocycles. The molecule has 0 heterocycles. The Morgan fingerprint density at radius 2 is 2.00 bits per heavy atom. The zero-order valence-electron chi connectivity index (χ0n) is 14.1. The van der Waals surface area contributed by atoms with E-state index in [1.165, 1.54) is 12.1 Å². The molecule has 24 heavy (non-hydrogen) atoms. The van der Waals surface area contributed by atoms with Gasteiger partial charge in [0.2, 0.25) is 0 Å². The maximum Gasteiger partial charge on any atom is 0.407 e. The molecule has 0 spiro atoms. The van der Waals surface area contributed by atoms with Crippen LogP contribution in [0.2, 0.25) is 0 Å². The van der Waals surface area contributed by atoms with E-state index in [-0.39, 0.29) is 18.1 Å². The van der Waals surface area contributed by atoms with Crippen molar-refractivity contribution in [3.05, 3.63) is 53.2 Å². The summed E-state index contributed by atoms with van der Waals surface area (Å²) in [6.45, 7) is 12.3. The summed E-state index contributed by atoms with van der Waals surface area (Å²) in [6.07, 6.45) is -0.618. The van der Waals surface area contributed by atoms with Crippen LogP contribution in [0.5, 0.6) is 0 Å². The highest BCUT2D eigenvalue weighted by molar-refractivity contribution is 5.77.